The first kappa shape index (κ1) is 21.7. The number of nitrogens with one attached hydrogen (secondary N) is 2. The van der Waals surface area contributed by atoms with E-state index < -0.39 is 41.6 Å². The number of imide groups is 1. The molecule has 2 aliphatic heterocycles. The van der Waals surface area contributed by atoms with Crippen LogP contribution in [0.4, 0.5) is 25.0 Å². The highest BCUT2D eigenvalue weighted by molar-refractivity contribution is 6.10. The zero-order valence-electron chi connectivity index (χ0n) is 17.4. The van der Waals surface area contributed by atoms with Gasteiger partial charge in [0.2, 0.25) is 5.91 Å². The monoisotopic (exact) mass is 444 g/mol. The minimum atomic E-state index is -1.82. The van der Waals surface area contributed by atoms with Crippen molar-refractivity contribution in [2.24, 2.45) is 0 Å². The quantitative estimate of drug-likeness (QED) is 0.691. The second kappa shape index (κ2) is 8.54. The number of benzene rings is 2. The van der Waals surface area contributed by atoms with Crippen molar-refractivity contribution in [1.29, 1.82) is 0 Å². The van der Waals surface area contributed by atoms with Gasteiger partial charge in [-0.25, -0.2) is 13.6 Å². The molecular formula is C22H22F2N4O4. The molecule has 32 heavy (non-hydrogen) atoms. The van der Waals surface area contributed by atoms with Gasteiger partial charge in [0, 0.05) is 30.0 Å². The number of hydrogen-bond donors (Lipinski definition) is 2. The lowest BCUT2D eigenvalue weighted by atomic mass is 9.91. The molecule has 168 valence electrons. The highest BCUT2D eigenvalue weighted by Gasteiger charge is 2.50. The molecular weight excluding hydrogens is 422 g/mol. The first-order chi connectivity index (χ1) is 15.3. The minimum absolute atomic E-state index is 0.308. The van der Waals surface area contributed by atoms with Crippen molar-refractivity contribution in [3.8, 4) is 0 Å². The molecule has 2 aromatic rings. The van der Waals surface area contributed by atoms with E-state index in [9.17, 15) is 23.2 Å². The van der Waals surface area contributed by atoms with E-state index in [-0.39, 0.29) is 5.56 Å². The Hall–Kier alpha value is -3.53. The van der Waals surface area contributed by atoms with Gasteiger partial charge in [0.15, 0.2) is 0 Å². The van der Waals surface area contributed by atoms with Gasteiger partial charge in [0.25, 0.3) is 5.91 Å². The molecule has 1 unspecified atom stereocenters. The summed E-state index contributed by atoms with van der Waals surface area (Å²) >= 11 is 0. The summed E-state index contributed by atoms with van der Waals surface area (Å²) in [5.41, 5.74) is -0.632. The number of carbonyl (C=O) groups excluding carboxylic acids is 3. The molecule has 0 saturated carbocycles. The number of morpholine rings is 1. The Morgan fingerprint density at radius 1 is 1.12 bits per heavy atom. The Morgan fingerprint density at radius 3 is 2.50 bits per heavy atom. The van der Waals surface area contributed by atoms with Gasteiger partial charge in [0.05, 0.1) is 13.2 Å². The summed E-state index contributed by atoms with van der Waals surface area (Å²) in [7, 11) is 0. The van der Waals surface area contributed by atoms with Crippen molar-refractivity contribution in [2.75, 3.05) is 43.1 Å². The summed E-state index contributed by atoms with van der Waals surface area (Å²) < 4.78 is 33.2. The molecule has 0 aliphatic carbocycles. The van der Waals surface area contributed by atoms with Crippen LogP contribution < -0.4 is 15.5 Å². The van der Waals surface area contributed by atoms with Crippen molar-refractivity contribution >= 4 is 29.2 Å². The molecule has 2 aliphatic rings. The highest BCUT2D eigenvalue weighted by Crippen LogP contribution is 2.31. The van der Waals surface area contributed by atoms with Crippen molar-refractivity contribution < 1.29 is 27.9 Å². The van der Waals surface area contributed by atoms with Crippen molar-refractivity contribution in [3.05, 3.63) is 59.7 Å². The minimum Gasteiger partial charge on any atom is -0.378 e. The maximum atomic E-state index is 14.2. The van der Waals surface area contributed by atoms with E-state index in [0.717, 1.165) is 37.0 Å². The average molecular weight is 444 g/mol. The number of rotatable bonds is 5. The topological polar surface area (TPSA) is 91.0 Å². The summed E-state index contributed by atoms with van der Waals surface area (Å²) in [6, 6.07) is 8.95. The largest absolute Gasteiger partial charge is 0.378 e. The van der Waals surface area contributed by atoms with E-state index in [1.165, 1.54) is 6.92 Å². The van der Waals surface area contributed by atoms with Crippen LogP contribution in [0, 0.1) is 11.6 Å². The van der Waals surface area contributed by atoms with E-state index >= 15 is 0 Å². The number of amides is 4. The van der Waals surface area contributed by atoms with E-state index in [4.69, 9.17) is 4.74 Å². The highest BCUT2D eigenvalue weighted by atomic mass is 19.1. The third-order valence-electron chi connectivity index (χ3n) is 5.57. The molecule has 0 spiro atoms. The molecule has 2 N–H and O–H groups in total. The van der Waals surface area contributed by atoms with Crippen LogP contribution in [0.3, 0.4) is 0 Å². The summed E-state index contributed by atoms with van der Waals surface area (Å²) in [6.45, 7) is 3.58. The zero-order valence-corrected chi connectivity index (χ0v) is 17.4. The predicted octanol–water partition coefficient (Wildman–Crippen LogP) is 2.21. The second-order valence-corrected chi connectivity index (χ2v) is 7.77. The molecule has 8 nitrogen and oxygen atoms in total. The van der Waals surface area contributed by atoms with Gasteiger partial charge in [-0.1, -0.05) is 0 Å². The fraction of sp³-hybridized carbons (Fsp3) is 0.318. The molecule has 0 radical (unpaired) electrons. The Morgan fingerprint density at radius 2 is 1.81 bits per heavy atom. The van der Waals surface area contributed by atoms with Crippen LogP contribution in [0.25, 0.3) is 0 Å². The Kier molecular flexibility index (Phi) is 5.79. The van der Waals surface area contributed by atoms with Gasteiger partial charge in [-0.2, -0.15) is 0 Å². The molecule has 0 aromatic heterocycles. The van der Waals surface area contributed by atoms with Gasteiger partial charge < -0.3 is 20.3 Å². The summed E-state index contributed by atoms with van der Waals surface area (Å²) in [4.78, 5) is 40.5. The van der Waals surface area contributed by atoms with Crippen LogP contribution in [-0.4, -0.2) is 55.6 Å². The third-order valence-corrected chi connectivity index (χ3v) is 5.57. The Bertz CT molecular complexity index is 1060. The summed E-state index contributed by atoms with van der Waals surface area (Å²) in [6.07, 6.45) is 0. The maximum absolute atomic E-state index is 14.2. The van der Waals surface area contributed by atoms with Crippen LogP contribution in [0.1, 0.15) is 12.5 Å². The van der Waals surface area contributed by atoms with E-state index in [0.29, 0.717) is 23.8 Å². The van der Waals surface area contributed by atoms with E-state index in [1.54, 1.807) is 12.1 Å². The smallest absolute Gasteiger partial charge is 0.325 e. The first-order valence-corrected chi connectivity index (χ1v) is 10.1. The van der Waals surface area contributed by atoms with Gasteiger partial charge in [-0.3, -0.25) is 14.5 Å². The summed E-state index contributed by atoms with van der Waals surface area (Å²) in [5, 5.41) is 5.00. The van der Waals surface area contributed by atoms with Crippen LogP contribution in [0.5, 0.6) is 0 Å². The Labute approximate surface area is 183 Å². The fourth-order valence-corrected chi connectivity index (χ4v) is 3.83. The first-order valence-electron chi connectivity index (χ1n) is 10.1. The number of nitrogens with zero attached hydrogens (tertiary/aromatic N) is 2. The maximum Gasteiger partial charge on any atom is 0.325 e. The normalized spacial score (nSPS) is 21.0. The van der Waals surface area contributed by atoms with Crippen LogP contribution in [0.15, 0.2) is 42.5 Å². The third kappa shape index (κ3) is 4.13. The fourth-order valence-electron chi connectivity index (χ4n) is 3.83. The number of hydrogen-bond acceptors (Lipinski definition) is 5. The molecule has 2 aromatic carbocycles. The molecule has 2 heterocycles. The van der Waals surface area contributed by atoms with Crippen molar-refractivity contribution in [3.63, 3.8) is 0 Å². The Balaban J connectivity index is 1.42. The van der Waals surface area contributed by atoms with Gasteiger partial charge in [0.1, 0.15) is 23.7 Å². The number of halogens is 2. The number of carbonyl (C=O) groups is 3. The van der Waals surface area contributed by atoms with Crippen LogP contribution in [-0.2, 0) is 19.9 Å². The lowest BCUT2D eigenvalue weighted by molar-refractivity contribution is -0.133. The average Bonchev–Trinajstić information content (AvgIpc) is 3.00. The standard InChI is InChI=1S/C22H22F2N4O4/c1-22(17-12-14(23)2-7-18(17)24)20(30)28(21(31)26-22)13-19(29)25-15-3-5-16(6-4-15)27-8-10-32-11-9-27/h2-7,12H,8-11,13H2,1H3,(H,25,29)(H,26,31). The summed E-state index contributed by atoms with van der Waals surface area (Å²) in [5.74, 6) is -3.03. The number of anilines is 2. The van der Waals surface area contributed by atoms with Gasteiger partial charge in [-0.15, -0.1) is 0 Å². The molecule has 2 saturated heterocycles. The zero-order chi connectivity index (χ0) is 22.9. The molecule has 4 rings (SSSR count). The van der Waals surface area contributed by atoms with Crippen molar-refractivity contribution in [2.45, 2.75) is 12.5 Å². The van der Waals surface area contributed by atoms with Gasteiger partial charge in [-0.05, 0) is 49.4 Å². The molecule has 1 atom stereocenters. The molecule has 2 fully saturated rings. The lowest BCUT2D eigenvalue weighted by Crippen LogP contribution is -2.42. The molecule has 10 heteroatoms. The number of ether oxygens (including phenoxy) is 1. The molecule has 4 amide bonds. The van der Waals surface area contributed by atoms with E-state index in [1.807, 2.05) is 12.1 Å². The SMILES string of the molecule is CC1(c2cc(F)ccc2F)NC(=O)N(CC(=O)Nc2ccc(N3CCOCC3)cc2)C1=O. The van der Waals surface area contributed by atoms with Crippen LogP contribution in [0.2, 0.25) is 0 Å². The van der Waals surface area contributed by atoms with Crippen LogP contribution >= 0.6 is 0 Å². The van der Waals surface area contributed by atoms with Crippen molar-refractivity contribution in [1.82, 2.24) is 10.2 Å². The number of urea groups is 1. The van der Waals surface area contributed by atoms with E-state index in [2.05, 4.69) is 15.5 Å². The predicted molar refractivity (Wildman–Crippen MR) is 112 cm³/mol. The second-order valence-electron chi connectivity index (χ2n) is 7.77. The molecule has 0 bridgehead atoms. The van der Waals surface area contributed by atoms with Gasteiger partial charge >= 0.3 is 6.03 Å². The lowest BCUT2D eigenvalue weighted by Gasteiger charge is -2.28.